The topological polar surface area (TPSA) is 72.7 Å². The van der Waals surface area contributed by atoms with Crippen molar-refractivity contribution in [1.29, 1.82) is 0 Å². The van der Waals surface area contributed by atoms with Gasteiger partial charge in [0.05, 0.1) is 18.4 Å². The Kier molecular flexibility index (Phi) is 4.60. The molecule has 0 fully saturated rings. The fraction of sp³-hybridized carbons (Fsp3) is 0.0455. The second-order valence-electron chi connectivity index (χ2n) is 6.20. The van der Waals surface area contributed by atoms with E-state index in [0.717, 1.165) is 11.3 Å². The van der Waals surface area contributed by atoms with Crippen molar-refractivity contribution in [1.82, 2.24) is 9.38 Å². The van der Waals surface area contributed by atoms with Crippen LogP contribution in [0.25, 0.3) is 16.9 Å². The summed E-state index contributed by atoms with van der Waals surface area (Å²) in [5, 5.41) is 2.82. The van der Waals surface area contributed by atoms with Crippen LogP contribution in [0.15, 0.2) is 79.1 Å². The van der Waals surface area contributed by atoms with Crippen LogP contribution in [-0.4, -0.2) is 28.4 Å². The summed E-state index contributed by atoms with van der Waals surface area (Å²) in [6.07, 6.45) is 3.74. The third kappa shape index (κ3) is 3.48. The zero-order valence-electron chi connectivity index (χ0n) is 15.1. The maximum absolute atomic E-state index is 12.6. The smallest absolute Gasteiger partial charge is 0.337 e. The van der Waals surface area contributed by atoms with Crippen molar-refractivity contribution in [2.45, 2.75) is 0 Å². The van der Waals surface area contributed by atoms with Gasteiger partial charge in [0.15, 0.2) is 0 Å². The lowest BCUT2D eigenvalue weighted by Gasteiger charge is -2.06. The van der Waals surface area contributed by atoms with E-state index in [4.69, 9.17) is 0 Å². The summed E-state index contributed by atoms with van der Waals surface area (Å²) >= 11 is 0. The van der Waals surface area contributed by atoms with Gasteiger partial charge in [-0.3, -0.25) is 4.79 Å². The van der Waals surface area contributed by atoms with Gasteiger partial charge in [-0.15, -0.1) is 0 Å². The maximum Gasteiger partial charge on any atom is 0.337 e. The monoisotopic (exact) mass is 371 g/mol. The van der Waals surface area contributed by atoms with E-state index in [9.17, 15) is 9.59 Å². The highest BCUT2D eigenvalue weighted by molar-refractivity contribution is 6.05. The Labute approximate surface area is 161 Å². The molecule has 2 heterocycles. The number of rotatable bonds is 4. The number of nitrogens with one attached hydrogen (secondary N) is 1. The zero-order chi connectivity index (χ0) is 19.5. The molecule has 0 radical (unpaired) electrons. The number of ether oxygens (including phenoxy) is 1. The van der Waals surface area contributed by atoms with Crippen molar-refractivity contribution in [2.75, 3.05) is 12.4 Å². The Morgan fingerprint density at radius 3 is 2.43 bits per heavy atom. The van der Waals surface area contributed by atoms with Crippen molar-refractivity contribution in [3.05, 3.63) is 90.3 Å². The molecular formula is C22H17N3O3. The number of nitrogens with zero attached hydrogens (tertiary/aromatic N) is 2. The van der Waals surface area contributed by atoms with Crippen molar-refractivity contribution in [2.24, 2.45) is 0 Å². The first-order valence-corrected chi connectivity index (χ1v) is 8.68. The number of anilines is 1. The number of pyridine rings is 1. The van der Waals surface area contributed by atoms with Gasteiger partial charge in [-0.25, -0.2) is 9.78 Å². The number of hydrogen-bond acceptors (Lipinski definition) is 4. The molecule has 2 aromatic carbocycles. The van der Waals surface area contributed by atoms with E-state index in [2.05, 4.69) is 15.0 Å². The van der Waals surface area contributed by atoms with Crippen LogP contribution in [0.1, 0.15) is 20.7 Å². The maximum atomic E-state index is 12.6. The highest BCUT2D eigenvalue weighted by Gasteiger charge is 2.11. The van der Waals surface area contributed by atoms with Crippen LogP contribution in [0.5, 0.6) is 0 Å². The molecule has 28 heavy (non-hydrogen) atoms. The molecule has 1 N–H and O–H groups in total. The van der Waals surface area contributed by atoms with Gasteiger partial charge >= 0.3 is 5.97 Å². The summed E-state index contributed by atoms with van der Waals surface area (Å²) in [5.74, 6) is -0.672. The number of imidazole rings is 1. The van der Waals surface area contributed by atoms with Gasteiger partial charge in [0, 0.05) is 29.2 Å². The minimum Gasteiger partial charge on any atom is -0.465 e. The zero-order valence-corrected chi connectivity index (χ0v) is 15.1. The number of carbonyl (C=O) groups is 2. The van der Waals surface area contributed by atoms with E-state index in [1.54, 1.807) is 36.4 Å². The van der Waals surface area contributed by atoms with Gasteiger partial charge in [0.25, 0.3) is 5.91 Å². The van der Waals surface area contributed by atoms with E-state index in [0.29, 0.717) is 22.5 Å². The van der Waals surface area contributed by atoms with Crippen molar-refractivity contribution in [3.8, 4) is 11.3 Å². The molecular weight excluding hydrogens is 354 g/mol. The highest BCUT2D eigenvalue weighted by Crippen LogP contribution is 2.20. The SMILES string of the molecule is COC(=O)c1ccc(NC(=O)c2ccn3cc(-c4ccccc4)nc3c2)cc1. The molecule has 0 unspecified atom stereocenters. The standard InChI is InChI=1S/C22H17N3O3/c1-28-22(27)16-7-9-18(10-8-16)23-21(26)17-11-12-25-14-19(24-20(25)13-17)15-5-3-2-4-6-15/h2-14H,1H3,(H,23,26). The summed E-state index contributed by atoms with van der Waals surface area (Å²) in [5.41, 5.74) is 4.06. The van der Waals surface area contributed by atoms with Gasteiger partial charge < -0.3 is 14.5 Å². The van der Waals surface area contributed by atoms with Crippen LogP contribution >= 0.6 is 0 Å². The molecule has 2 aromatic heterocycles. The number of methoxy groups -OCH3 is 1. The number of benzene rings is 2. The molecule has 0 spiro atoms. The molecule has 0 saturated heterocycles. The van der Waals surface area contributed by atoms with Crippen LogP contribution in [-0.2, 0) is 4.74 Å². The van der Waals surface area contributed by atoms with E-state index in [-0.39, 0.29) is 5.91 Å². The number of aromatic nitrogens is 2. The minimum absolute atomic E-state index is 0.252. The second-order valence-corrected chi connectivity index (χ2v) is 6.20. The molecule has 4 aromatic rings. The molecule has 138 valence electrons. The molecule has 0 atom stereocenters. The third-order valence-electron chi connectivity index (χ3n) is 4.36. The first-order valence-electron chi connectivity index (χ1n) is 8.68. The van der Waals surface area contributed by atoms with Gasteiger partial charge in [-0.2, -0.15) is 0 Å². The fourth-order valence-corrected chi connectivity index (χ4v) is 2.88. The normalized spacial score (nSPS) is 10.6. The van der Waals surface area contributed by atoms with Crippen molar-refractivity contribution >= 4 is 23.2 Å². The molecule has 0 saturated carbocycles. The van der Waals surface area contributed by atoms with E-state index in [1.165, 1.54) is 7.11 Å². The van der Waals surface area contributed by atoms with Gasteiger partial charge in [0.2, 0.25) is 0 Å². The van der Waals surface area contributed by atoms with Crippen LogP contribution < -0.4 is 5.32 Å². The lowest BCUT2D eigenvalue weighted by Crippen LogP contribution is -2.12. The van der Waals surface area contributed by atoms with Gasteiger partial charge in [-0.1, -0.05) is 30.3 Å². The molecule has 0 bridgehead atoms. The summed E-state index contributed by atoms with van der Waals surface area (Å²) < 4.78 is 6.55. The molecule has 0 aliphatic heterocycles. The van der Waals surface area contributed by atoms with Gasteiger partial charge in [-0.05, 0) is 36.4 Å². The predicted octanol–water partition coefficient (Wildman–Crippen LogP) is 4.04. The fourth-order valence-electron chi connectivity index (χ4n) is 2.88. The predicted molar refractivity (Wildman–Crippen MR) is 106 cm³/mol. The lowest BCUT2D eigenvalue weighted by atomic mass is 10.2. The Morgan fingerprint density at radius 2 is 1.71 bits per heavy atom. The Balaban J connectivity index is 1.55. The lowest BCUT2D eigenvalue weighted by molar-refractivity contribution is 0.0600. The van der Waals surface area contributed by atoms with Gasteiger partial charge in [0.1, 0.15) is 5.65 Å². The number of esters is 1. The van der Waals surface area contributed by atoms with Crippen LogP contribution in [0, 0.1) is 0 Å². The minimum atomic E-state index is -0.420. The molecule has 4 rings (SSSR count). The summed E-state index contributed by atoms with van der Waals surface area (Å²) in [7, 11) is 1.33. The third-order valence-corrected chi connectivity index (χ3v) is 4.36. The average Bonchev–Trinajstić information content (AvgIpc) is 3.18. The Bertz CT molecular complexity index is 1150. The molecule has 0 aliphatic rings. The summed E-state index contributed by atoms with van der Waals surface area (Å²) in [6.45, 7) is 0. The van der Waals surface area contributed by atoms with Crippen LogP contribution in [0.2, 0.25) is 0 Å². The molecule has 6 nitrogen and oxygen atoms in total. The summed E-state index contributed by atoms with van der Waals surface area (Å²) in [4.78, 5) is 28.7. The molecule has 0 aliphatic carbocycles. The van der Waals surface area contributed by atoms with Crippen LogP contribution in [0.3, 0.4) is 0 Å². The molecule has 1 amide bonds. The number of fused-ring (bicyclic) bond motifs is 1. The van der Waals surface area contributed by atoms with Crippen molar-refractivity contribution < 1.29 is 14.3 Å². The van der Waals surface area contributed by atoms with Crippen molar-refractivity contribution in [3.63, 3.8) is 0 Å². The summed E-state index contributed by atoms with van der Waals surface area (Å²) in [6, 6.07) is 19.9. The quantitative estimate of drug-likeness (QED) is 0.550. The second kappa shape index (κ2) is 7.36. The highest BCUT2D eigenvalue weighted by atomic mass is 16.5. The van der Waals surface area contributed by atoms with E-state index < -0.39 is 5.97 Å². The largest absolute Gasteiger partial charge is 0.465 e. The Hall–Kier alpha value is -3.93. The Morgan fingerprint density at radius 1 is 0.964 bits per heavy atom. The molecule has 6 heteroatoms. The van der Waals surface area contributed by atoms with E-state index in [1.807, 2.05) is 47.1 Å². The van der Waals surface area contributed by atoms with Crippen LogP contribution in [0.4, 0.5) is 5.69 Å². The first kappa shape index (κ1) is 17.5. The average molecular weight is 371 g/mol. The number of hydrogen-bond donors (Lipinski definition) is 1. The van der Waals surface area contributed by atoms with E-state index >= 15 is 0 Å². The number of amides is 1. The first-order chi connectivity index (χ1) is 13.6. The number of carbonyl (C=O) groups excluding carboxylic acids is 2.